The molecule has 0 aromatic rings. The Morgan fingerprint density at radius 2 is 1.51 bits per heavy atom. The first-order valence-electron chi connectivity index (χ1n) is 15.7. The third-order valence-corrected chi connectivity index (χ3v) is 15.1. The molecule has 1 spiro atoms. The van der Waals surface area contributed by atoms with E-state index in [-0.39, 0.29) is 44.9 Å². The number of fused-ring (bicyclic) bond motifs is 7. The Hall–Kier alpha value is -1.14. The molecule has 5 aliphatic carbocycles. The number of hydrogen-bond acceptors (Lipinski definition) is 6. The fourth-order valence-electron chi connectivity index (χ4n) is 12.5. The lowest BCUT2D eigenvalue weighted by molar-refractivity contribution is -0.293. The average Bonchev–Trinajstić information content (AvgIpc) is 3.05. The van der Waals surface area contributed by atoms with Crippen LogP contribution in [0.3, 0.4) is 0 Å². The number of carbonyl (C=O) groups excluding carboxylic acids is 2. The third-order valence-electron chi connectivity index (χ3n) is 15.1. The Morgan fingerprint density at radius 3 is 2.18 bits per heavy atom. The fraction of sp³-hybridized carbons (Fsp3) is 0.939. The molecule has 0 aromatic carbocycles. The SMILES string of the molecule is COC(=O)C1(C)CCC2(C)CCC3(C)C4CCC56COC(O)(C(OC(C)=O)CC5C4(C)CCC3(C)C2C1)C6C. The first-order valence-corrected chi connectivity index (χ1v) is 15.7. The van der Waals surface area contributed by atoms with Crippen LogP contribution in [-0.4, -0.2) is 42.7 Å². The van der Waals surface area contributed by atoms with Crippen molar-refractivity contribution in [2.75, 3.05) is 13.7 Å². The molecule has 39 heavy (non-hydrogen) atoms. The minimum absolute atomic E-state index is 0.0397. The van der Waals surface area contributed by atoms with Gasteiger partial charge in [0.15, 0.2) is 6.10 Å². The Balaban J connectivity index is 1.38. The molecule has 12 unspecified atom stereocenters. The molecule has 6 heteroatoms. The average molecular weight is 545 g/mol. The van der Waals surface area contributed by atoms with Crippen LogP contribution in [0, 0.1) is 56.2 Å². The summed E-state index contributed by atoms with van der Waals surface area (Å²) in [7, 11) is 1.54. The molecule has 0 amide bonds. The van der Waals surface area contributed by atoms with Crippen molar-refractivity contribution in [3.8, 4) is 0 Å². The lowest BCUT2D eigenvalue weighted by Crippen LogP contribution is -2.69. The van der Waals surface area contributed by atoms with Crippen LogP contribution in [0.15, 0.2) is 0 Å². The van der Waals surface area contributed by atoms with Crippen LogP contribution in [-0.2, 0) is 23.8 Å². The summed E-state index contributed by atoms with van der Waals surface area (Å²) in [5.41, 5.74) is 0.182. The zero-order valence-electron chi connectivity index (χ0n) is 25.7. The molecule has 0 radical (unpaired) electrons. The molecule has 6 fully saturated rings. The number of rotatable bonds is 2. The quantitative estimate of drug-likeness (QED) is 0.412. The van der Waals surface area contributed by atoms with Crippen molar-refractivity contribution in [2.24, 2.45) is 56.2 Å². The highest BCUT2D eigenvalue weighted by Gasteiger charge is 2.76. The van der Waals surface area contributed by atoms with E-state index in [2.05, 4.69) is 41.5 Å². The van der Waals surface area contributed by atoms with Crippen molar-refractivity contribution < 1.29 is 28.9 Å². The van der Waals surface area contributed by atoms with E-state index >= 15 is 0 Å². The molecule has 12 atom stereocenters. The van der Waals surface area contributed by atoms with E-state index in [0.717, 1.165) is 44.9 Å². The Morgan fingerprint density at radius 1 is 0.872 bits per heavy atom. The summed E-state index contributed by atoms with van der Waals surface area (Å²) in [6.07, 6.45) is 9.95. The van der Waals surface area contributed by atoms with Crippen LogP contribution in [0.25, 0.3) is 0 Å². The number of hydrogen-bond donors (Lipinski definition) is 1. The van der Waals surface area contributed by atoms with Gasteiger partial charge < -0.3 is 19.3 Å². The van der Waals surface area contributed by atoms with Gasteiger partial charge in [0.1, 0.15) is 0 Å². The monoisotopic (exact) mass is 544 g/mol. The third kappa shape index (κ3) is 3.28. The van der Waals surface area contributed by atoms with Crippen molar-refractivity contribution in [1.82, 2.24) is 0 Å². The predicted octanol–water partition coefficient (Wildman–Crippen LogP) is 6.28. The second-order valence-corrected chi connectivity index (χ2v) is 16.3. The molecule has 1 heterocycles. The van der Waals surface area contributed by atoms with E-state index in [1.54, 1.807) is 7.11 Å². The molecule has 0 aromatic heterocycles. The standard InChI is InChI=1S/C33H52O6/c1-20-32-10-9-22-29(5,23(32)17-25(39-21(2)34)33(20,36)38-19-32)14-16-31(7)24-18-28(4,26(35)37-8)12-11-27(24,3)13-15-30(22,31)6/h20,22-25,36H,9-19H2,1-8H3. The maximum absolute atomic E-state index is 13.0. The van der Waals surface area contributed by atoms with E-state index in [9.17, 15) is 14.7 Å². The first kappa shape index (κ1) is 28.0. The van der Waals surface area contributed by atoms with Crippen LogP contribution in [0.4, 0.5) is 0 Å². The first-order chi connectivity index (χ1) is 18.0. The lowest BCUT2D eigenvalue weighted by atomic mass is 9.30. The molecule has 5 saturated carbocycles. The van der Waals surface area contributed by atoms with Gasteiger partial charge >= 0.3 is 11.9 Å². The van der Waals surface area contributed by atoms with Gasteiger partial charge in [-0.15, -0.1) is 0 Å². The van der Waals surface area contributed by atoms with E-state index in [0.29, 0.717) is 30.8 Å². The molecule has 220 valence electrons. The minimum atomic E-state index is -1.38. The van der Waals surface area contributed by atoms with Gasteiger partial charge in [0, 0.05) is 18.3 Å². The maximum atomic E-state index is 13.0. The zero-order chi connectivity index (χ0) is 28.4. The minimum Gasteiger partial charge on any atom is -0.469 e. The molecular weight excluding hydrogens is 492 g/mol. The van der Waals surface area contributed by atoms with Crippen molar-refractivity contribution in [3.05, 3.63) is 0 Å². The predicted molar refractivity (Wildman–Crippen MR) is 147 cm³/mol. The van der Waals surface area contributed by atoms with Crippen LogP contribution >= 0.6 is 0 Å². The summed E-state index contributed by atoms with van der Waals surface area (Å²) in [6.45, 7) is 16.5. The smallest absolute Gasteiger partial charge is 0.311 e. The molecule has 2 bridgehead atoms. The van der Waals surface area contributed by atoms with Crippen LogP contribution in [0.1, 0.15) is 113 Å². The molecule has 1 aliphatic heterocycles. The normalized spacial score (nSPS) is 57.8. The molecule has 1 saturated heterocycles. The zero-order valence-corrected chi connectivity index (χ0v) is 25.7. The number of methoxy groups -OCH3 is 1. The van der Waals surface area contributed by atoms with Crippen LogP contribution < -0.4 is 0 Å². The number of ether oxygens (including phenoxy) is 3. The van der Waals surface area contributed by atoms with Gasteiger partial charge in [-0.2, -0.15) is 0 Å². The summed E-state index contributed by atoms with van der Waals surface area (Å²) in [6, 6.07) is 0. The van der Waals surface area contributed by atoms with Crippen molar-refractivity contribution in [3.63, 3.8) is 0 Å². The van der Waals surface area contributed by atoms with Crippen molar-refractivity contribution in [2.45, 2.75) is 125 Å². The summed E-state index contributed by atoms with van der Waals surface area (Å²) in [5, 5.41) is 11.6. The van der Waals surface area contributed by atoms with E-state index in [1.807, 2.05) is 0 Å². The lowest BCUT2D eigenvalue weighted by Gasteiger charge is -2.74. The Labute approximate surface area is 235 Å². The van der Waals surface area contributed by atoms with Crippen LogP contribution in [0.2, 0.25) is 0 Å². The highest BCUT2D eigenvalue weighted by molar-refractivity contribution is 5.76. The van der Waals surface area contributed by atoms with E-state index in [4.69, 9.17) is 14.2 Å². The summed E-state index contributed by atoms with van der Waals surface area (Å²) in [4.78, 5) is 25.1. The second kappa shape index (κ2) is 8.24. The van der Waals surface area contributed by atoms with Gasteiger partial charge in [-0.05, 0) is 111 Å². The Bertz CT molecular complexity index is 1070. The van der Waals surface area contributed by atoms with Gasteiger partial charge in [-0.1, -0.05) is 34.6 Å². The highest BCUT2D eigenvalue weighted by Crippen LogP contribution is 2.79. The molecule has 6 rings (SSSR count). The number of carbonyl (C=O) groups is 2. The van der Waals surface area contributed by atoms with Crippen molar-refractivity contribution in [1.29, 1.82) is 0 Å². The molecule has 6 nitrogen and oxygen atoms in total. The fourth-order valence-corrected chi connectivity index (χ4v) is 12.5. The van der Waals surface area contributed by atoms with Gasteiger partial charge in [0.2, 0.25) is 5.79 Å². The van der Waals surface area contributed by atoms with Gasteiger partial charge in [-0.3, -0.25) is 9.59 Å². The molecule has 6 aliphatic rings. The maximum Gasteiger partial charge on any atom is 0.311 e. The Kier molecular flexibility index (Phi) is 5.91. The van der Waals surface area contributed by atoms with E-state index < -0.39 is 17.3 Å². The molecule has 1 N–H and O–H groups in total. The topological polar surface area (TPSA) is 82.1 Å². The second-order valence-electron chi connectivity index (χ2n) is 16.3. The number of aliphatic hydroxyl groups is 1. The highest BCUT2D eigenvalue weighted by atomic mass is 16.7. The van der Waals surface area contributed by atoms with Gasteiger partial charge in [0.05, 0.1) is 19.1 Å². The van der Waals surface area contributed by atoms with Gasteiger partial charge in [-0.25, -0.2) is 0 Å². The largest absolute Gasteiger partial charge is 0.469 e. The number of esters is 2. The van der Waals surface area contributed by atoms with Crippen LogP contribution in [0.5, 0.6) is 0 Å². The van der Waals surface area contributed by atoms with E-state index in [1.165, 1.54) is 19.8 Å². The van der Waals surface area contributed by atoms with Crippen molar-refractivity contribution >= 4 is 11.9 Å². The van der Waals surface area contributed by atoms with Gasteiger partial charge in [0.25, 0.3) is 0 Å². The summed E-state index contributed by atoms with van der Waals surface area (Å²) >= 11 is 0. The summed E-state index contributed by atoms with van der Waals surface area (Å²) < 4.78 is 17.3. The molecular formula is C33H52O6. The summed E-state index contributed by atoms with van der Waals surface area (Å²) in [5.74, 6) is -0.462.